The molecule has 0 bridgehead atoms. The number of anilines is 1. The van der Waals surface area contributed by atoms with Crippen LogP contribution < -0.4 is 5.32 Å². The van der Waals surface area contributed by atoms with Gasteiger partial charge in [-0.05, 0) is 20.3 Å². The van der Waals surface area contributed by atoms with Gasteiger partial charge in [-0.1, -0.05) is 41.2 Å². The average Bonchev–Trinajstić information content (AvgIpc) is 3.16. The van der Waals surface area contributed by atoms with Crippen molar-refractivity contribution in [2.24, 2.45) is 0 Å². The van der Waals surface area contributed by atoms with Crippen LogP contribution >= 0.6 is 11.3 Å². The van der Waals surface area contributed by atoms with Crippen LogP contribution in [-0.2, 0) is 9.59 Å². The number of nitrogens with one attached hydrogen (secondary N) is 1. The largest absolute Gasteiger partial charge is 0.331 e. The van der Waals surface area contributed by atoms with E-state index in [1.165, 1.54) is 16.9 Å². The minimum Gasteiger partial charge on any atom is -0.331 e. The van der Waals surface area contributed by atoms with Gasteiger partial charge in [0.2, 0.25) is 16.9 Å². The van der Waals surface area contributed by atoms with Gasteiger partial charge in [0, 0.05) is 18.5 Å². The van der Waals surface area contributed by atoms with E-state index in [4.69, 9.17) is 0 Å². The smallest absolute Gasteiger partial charge is 0.248 e. The lowest BCUT2D eigenvalue weighted by Crippen LogP contribution is -2.42. The van der Waals surface area contributed by atoms with Crippen molar-refractivity contribution in [3.8, 4) is 10.6 Å². The highest BCUT2D eigenvalue weighted by Gasteiger charge is 2.29. The molecule has 0 saturated carbocycles. The number of aryl methyl sites for hydroxylation is 1. The number of likely N-dealkylation sites (tertiary alicyclic amines) is 1. The summed E-state index contributed by atoms with van der Waals surface area (Å²) in [4.78, 5) is 25.6. The lowest BCUT2D eigenvalue weighted by atomic mass is 10.2. The molecule has 1 saturated heterocycles. The molecule has 2 aromatic rings. The fourth-order valence-corrected chi connectivity index (χ4v) is 3.27. The van der Waals surface area contributed by atoms with Crippen molar-refractivity contribution in [1.82, 2.24) is 15.1 Å². The van der Waals surface area contributed by atoms with Gasteiger partial charge >= 0.3 is 0 Å². The predicted octanol–water partition coefficient (Wildman–Crippen LogP) is 2.46. The first-order valence-electron chi connectivity index (χ1n) is 7.55. The van der Waals surface area contributed by atoms with E-state index in [1.807, 2.05) is 31.2 Å². The van der Waals surface area contributed by atoms with Crippen LogP contribution in [0.5, 0.6) is 0 Å². The van der Waals surface area contributed by atoms with Crippen molar-refractivity contribution >= 4 is 28.3 Å². The van der Waals surface area contributed by atoms with Crippen molar-refractivity contribution in [3.63, 3.8) is 0 Å². The molecular formula is C16H18N4O2S. The molecular weight excluding hydrogens is 312 g/mol. The van der Waals surface area contributed by atoms with Crippen LogP contribution in [-0.4, -0.2) is 39.5 Å². The number of carbonyl (C=O) groups is 2. The molecule has 1 aliphatic rings. The van der Waals surface area contributed by atoms with Crippen LogP contribution in [0.15, 0.2) is 24.3 Å². The van der Waals surface area contributed by atoms with Crippen LogP contribution in [0, 0.1) is 6.92 Å². The number of carbonyl (C=O) groups excluding carboxylic acids is 2. The third-order valence-electron chi connectivity index (χ3n) is 3.91. The Bertz CT molecular complexity index is 726. The Kier molecular flexibility index (Phi) is 4.38. The van der Waals surface area contributed by atoms with E-state index in [-0.39, 0.29) is 11.8 Å². The Hall–Kier alpha value is -2.28. The monoisotopic (exact) mass is 330 g/mol. The number of amides is 2. The molecule has 1 unspecified atom stereocenters. The molecule has 1 aromatic carbocycles. The van der Waals surface area contributed by atoms with Gasteiger partial charge in [0.15, 0.2) is 0 Å². The molecule has 1 aromatic heterocycles. The first-order valence-corrected chi connectivity index (χ1v) is 8.37. The van der Waals surface area contributed by atoms with Gasteiger partial charge in [-0.2, -0.15) is 0 Å². The van der Waals surface area contributed by atoms with E-state index >= 15 is 0 Å². The number of hydrogen-bond acceptors (Lipinski definition) is 5. The summed E-state index contributed by atoms with van der Waals surface area (Å²) in [6, 6.07) is 7.49. The van der Waals surface area contributed by atoms with Crippen LogP contribution in [0.3, 0.4) is 0 Å². The summed E-state index contributed by atoms with van der Waals surface area (Å²) in [5.41, 5.74) is 2.15. The maximum absolute atomic E-state index is 12.3. The molecule has 7 heteroatoms. The van der Waals surface area contributed by atoms with Gasteiger partial charge < -0.3 is 4.90 Å². The number of rotatable bonds is 4. The number of hydrogen-bond donors (Lipinski definition) is 1. The number of benzene rings is 1. The molecule has 0 spiro atoms. The van der Waals surface area contributed by atoms with Crippen molar-refractivity contribution < 1.29 is 9.59 Å². The molecule has 1 fully saturated rings. The van der Waals surface area contributed by atoms with Crippen molar-refractivity contribution in [2.75, 3.05) is 11.9 Å². The van der Waals surface area contributed by atoms with Crippen molar-refractivity contribution in [3.05, 3.63) is 29.8 Å². The quantitative estimate of drug-likeness (QED) is 0.934. The Balaban J connectivity index is 1.67. The van der Waals surface area contributed by atoms with E-state index in [0.717, 1.165) is 17.0 Å². The molecule has 3 rings (SSSR count). The zero-order valence-corrected chi connectivity index (χ0v) is 13.9. The molecule has 120 valence electrons. The zero-order valence-electron chi connectivity index (χ0n) is 13.1. The summed E-state index contributed by atoms with van der Waals surface area (Å²) in [5, 5.41) is 12.1. The van der Waals surface area contributed by atoms with Gasteiger partial charge in [0.1, 0.15) is 11.0 Å². The van der Waals surface area contributed by atoms with Gasteiger partial charge in [0.25, 0.3) is 0 Å². The first kappa shape index (κ1) is 15.6. The van der Waals surface area contributed by atoms with E-state index in [1.54, 1.807) is 11.8 Å². The minimum absolute atomic E-state index is 0.0326. The molecule has 2 amide bonds. The Morgan fingerprint density at radius 1 is 1.30 bits per heavy atom. The lowest BCUT2D eigenvalue weighted by molar-refractivity contribution is -0.134. The van der Waals surface area contributed by atoms with Crippen LogP contribution in [0.2, 0.25) is 0 Å². The maximum Gasteiger partial charge on any atom is 0.248 e. The normalized spacial score (nSPS) is 15.7. The lowest BCUT2D eigenvalue weighted by Gasteiger charge is -2.22. The Labute approximate surface area is 138 Å². The topological polar surface area (TPSA) is 75.2 Å². The van der Waals surface area contributed by atoms with Crippen molar-refractivity contribution in [1.29, 1.82) is 0 Å². The second kappa shape index (κ2) is 6.45. The summed E-state index contributed by atoms with van der Waals surface area (Å²) in [6.45, 7) is 4.40. The molecule has 1 N–H and O–H groups in total. The number of nitrogens with zero attached hydrogens (tertiary/aromatic N) is 3. The van der Waals surface area contributed by atoms with E-state index in [2.05, 4.69) is 15.5 Å². The van der Waals surface area contributed by atoms with Gasteiger partial charge in [-0.15, -0.1) is 10.2 Å². The first-order chi connectivity index (χ1) is 11.0. The van der Waals surface area contributed by atoms with Crippen LogP contribution in [0.4, 0.5) is 5.13 Å². The molecule has 1 aliphatic heterocycles. The van der Waals surface area contributed by atoms with Crippen LogP contribution in [0.1, 0.15) is 25.3 Å². The summed E-state index contributed by atoms with van der Waals surface area (Å²) in [5.74, 6) is -0.197. The SMILES string of the molecule is Cc1ccc(-c2nnc(NC(=O)C(C)N3CCCC3=O)s2)cc1. The highest BCUT2D eigenvalue weighted by atomic mass is 32.1. The second-order valence-electron chi connectivity index (χ2n) is 5.63. The molecule has 6 nitrogen and oxygen atoms in total. The second-order valence-corrected chi connectivity index (χ2v) is 6.61. The average molecular weight is 330 g/mol. The van der Waals surface area contributed by atoms with Crippen LogP contribution in [0.25, 0.3) is 10.6 Å². The standard InChI is InChI=1S/C16H18N4O2S/c1-10-5-7-12(8-6-10)15-18-19-16(23-15)17-14(22)11(2)20-9-3-4-13(20)21/h5-8,11H,3-4,9H2,1-2H3,(H,17,19,22). The molecule has 1 atom stereocenters. The molecule has 0 radical (unpaired) electrons. The van der Waals surface area contributed by atoms with E-state index < -0.39 is 6.04 Å². The number of aromatic nitrogens is 2. The highest BCUT2D eigenvalue weighted by molar-refractivity contribution is 7.18. The van der Waals surface area contributed by atoms with Gasteiger partial charge in [-0.25, -0.2) is 0 Å². The van der Waals surface area contributed by atoms with E-state index in [9.17, 15) is 9.59 Å². The summed E-state index contributed by atoms with van der Waals surface area (Å²) >= 11 is 1.32. The molecule has 0 aliphatic carbocycles. The maximum atomic E-state index is 12.3. The summed E-state index contributed by atoms with van der Waals surface area (Å²) in [7, 11) is 0. The zero-order chi connectivity index (χ0) is 16.4. The third-order valence-corrected chi connectivity index (χ3v) is 4.80. The molecule has 2 heterocycles. The minimum atomic E-state index is -0.489. The fraction of sp³-hybridized carbons (Fsp3) is 0.375. The Morgan fingerprint density at radius 2 is 2.04 bits per heavy atom. The molecule has 23 heavy (non-hydrogen) atoms. The fourth-order valence-electron chi connectivity index (χ4n) is 2.52. The Morgan fingerprint density at radius 3 is 2.70 bits per heavy atom. The third kappa shape index (κ3) is 3.39. The van der Waals surface area contributed by atoms with Gasteiger partial charge in [-0.3, -0.25) is 14.9 Å². The summed E-state index contributed by atoms with van der Waals surface area (Å²) in [6.07, 6.45) is 1.33. The van der Waals surface area contributed by atoms with E-state index in [0.29, 0.717) is 18.1 Å². The predicted molar refractivity (Wildman–Crippen MR) is 89.1 cm³/mol. The highest BCUT2D eigenvalue weighted by Crippen LogP contribution is 2.26. The summed E-state index contributed by atoms with van der Waals surface area (Å²) < 4.78 is 0. The van der Waals surface area contributed by atoms with Crippen molar-refractivity contribution in [2.45, 2.75) is 32.7 Å². The van der Waals surface area contributed by atoms with Gasteiger partial charge in [0.05, 0.1) is 0 Å².